The van der Waals surface area contributed by atoms with Gasteiger partial charge in [0.05, 0.1) is 5.41 Å². The molecule has 1 saturated carbocycles. The summed E-state index contributed by atoms with van der Waals surface area (Å²) in [5, 5.41) is 5.20. The van der Waals surface area contributed by atoms with E-state index in [-0.39, 0.29) is 11.3 Å². The van der Waals surface area contributed by atoms with Crippen molar-refractivity contribution < 1.29 is 4.79 Å². The minimum Gasteiger partial charge on any atom is -0.325 e. The highest BCUT2D eigenvalue weighted by atomic mass is 32.1. The zero-order valence-corrected chi connectivity index (χ0v) is 13.2. The number of nitrogens with one attached hydrogen (secondary N) is 1. The molecule has 0 unspecified atom stereocenters. The van der Waals surface area contributed by atoms with Gasteiger partial charge in [-0.2, -0.15) is 0 Å². The number of thiophene rings is 1. The van der Waals surface area contributed by atoms with Crippen LogP contribution in [0.1, 0.15) is 43.0 Å². The molecule has 2 nitrogen and oxygen atoms in total. The topological polar surface area (TPSA) is 29.1 Å². The summed E-state index contributed by atoms with van der Waals surface area (Å²) in [6, 6.07) is 12.3. The number of carbonyl (C=O) groups is 1. The fraction of sp³-hybridized carbons (Fsp3) is 0.389. The van der Waals surface area contributed by atoms with Crippen molar-refractivity contribution >= 4 is 22.9 Å². The van der Waals surface area contributed by atoms with Crippen LogP contribution >= 0.6 is 11.3 Å². The van der Waals surface area contributed by atoms with Crippen LogP contribution in [0.5, 0.6) is 0 Å². The van der Waals surface area contributed by atoms with E-state index in [0.29, 0.717) is 0 Å². The lowest BCUT2D eigenvalue weighted by Crippen LogP contribution is -2.37. The molecule has 0 aliphatic heterocycles. The molecule has 0 spiro atoms. The van der Waals surface area contributed by atoms with Gasteiger partial charge in [-0.3, -0.25) is 4.79 Å². The van der Waals surface area contributed by atoms with E-state index in [4.69, 9.17) is 0 Å². The minimum atomic E-state index is -0.308. The normalized spacial score (nSPS) is 16.8. The van der Waals surface area contributed by atoms with Gasteiger partial charge in [0.2, 0.25) is 5.91 Å². The lowest BCUT2D eigenvalue weighted by molar-refractivity contribution is -0.121. The van der Waals surface area contributed by atoms with Crippen molar-refractivity contribution in [1.82, 2.24) is 0 Å². The maximum Gasteiger partial charge on any atom is 0.235 e. The van der Waals surface area contributed by atoms with Crippen LogP contribution < -0.4 is 5.32 Å². The summed E-state index contributed by atoms with van der Waals surface area (Å²) in [5.74, 6) is 0.159. The first-order chi connectivity index (χ1) is 10.2. The summed E-state index contributed by atoms with van der Waals surface area (Å²) in [7, 11) is 0. The Morgan fingerprint density at radius 3 is 2.48 bits per heavy atom. The largest absolute Gasteiger partial charge is 0.325 e. The first kappa shape index (κ1) is 14.3. The molecule has 1 N–H and O–H groups in total. The third-order valence-electron chi connectivity index (χ3n) is 4.50. The Balaban J connectivity index is 1.82. The van der Waals surface area contributed by atoms with E-state index in [9.17, 15) is 4.79 Å². The van der Waals surface area contributed by atoms with Crippen LogP contribution in [0.3, 0.4) is 0 Å². The number of benzene rings is 1. The van der Waals surface area contributed by atoms with Crippen LogP contribution in [0.15, 0.2) is 41.8 Å². The van der Waals surface area contributed by atoms with Crippen LogP contribution in [-0.4, -0.2) is 5.91 Å². The smallest absolute Gasteiger partial charge is 0.235 e. The summed E-state index contributed by atoms with van der Waals surface area (Å²) in [6.07, 6.45) is 5.23. The SMILES string of the molecule is CCc1ccc(NC(=O)C2(c3cccs3)CCCC2)cc1. The van der Waals surface area contributed by atoms with Crippen LogP contribution in [0.4, 0.5) is 5.69 Å². The molecule has 3 rings (SSSR count). The second-order valence-corrected chi connectivity index (χ2v) is 6.72. The van der Waals surface area contributed by atoms with E-state index in [2.05, 4.69) is 35.8 Å². The van der Waals surface area contributed by atoms with Gasteiger partial charge >= 0.3 is 0 Å². The third-order valence-corrected chi connectivity index (χ3v) is 5.58. The molecule has 1 aromatic heterocycles. The fourth-order valence-electron chi connectivity index (χ4n) is 3.19. The molecular weight excluding hydrogens is 278 g/mol. The molecular formula is C18H21NOS. The monoisotopic (exact) mass is 299 g/mol. The maximum absolute atomic E-state index is 12.9. The molecule has 1 aliphatic rings. The predicted molar refractivity (Wildman–Crippen MR) is 88.9 cm³/mol. The highest BCUT2D eigenvalue weighted by Crippen LogP contribution is 2.43. The van der Waals surface area contributed by atoms with Crippen LogP contribution in [0, 0.1) is 0 Å². The number of aryl methyl sites for hydroxylation is 1. The molecule has 0 atom stereocenters. The molecule has 3 heteroatoms. The van der Waals surface area contributed by atoms with Gasteiger partial charge in [0.1, 0.15) is 0 Å². The van der Waals surface area contributed by atoms with Gasteiger partial charge in [0, 0.05) is 10.6 Å². The molecule has 21 heavy (non-hydrogen) atoms. The van der Waals surface area contributed by atoms with Gasteiger partial charge in [-0.15, -0.1) is 11.3 Å². The number of hydrogen-bond donors (Lipinski definition) is 1. The Hall–Kier alpha value is -1.61. The highest BCUT2D eigenvalue weighted by Gasteiger charge is 2.43. The van der Waals surface area contributed by atoms with Crippen molar-refractivity contribution in [1.29, 1.82) is 0 Å². The molecule has 110 valence electrons. The van der Waals surface area contributed by atoms with Gasteiger partial charge in [0.25, 0.3) is 0 Å². The van der Waals surface area contributed by atoms with Gasteiger partial charge in [-0.25, -0.2) is 0 Å². The van der Waals surface area contributed by atoms with E-state index >= 15 is 0 Å². The zero-order chi connectivity index (χ0) is 14.7. The van der Waals surface area contributed by atoms with E-state index in [0.717, 1.165) is 37.8 Å². The molecule has 1 aromatic carbocycles. The molecule has 1 heterocycles. The van der Waals surface area contributed by atoms with Gasteiger partial charge in [-0.05, 0) is 48.4 Å². The Morgan fingerprint density at radius 1 is 1.19 bits per heavy atom. The number of anilines is 1. The van der Waals surface area contributed by atoms with E-state index in [1.807, 2.05) is 18.2 Å². The lowest BCUT2D eigenvalue weighted by atomic mass is 9.83. The Bertz CT molecular complexity index is 595. The minimum absolute atomic E-state index is 0.159. The standard InChI is InChI=1S/C18H21NOS/c1-2-14-7-9-15(10-8-14)19-17(20)18(11-3-4-12-18)16-6-5-13-21-16/h5-10,13H,2-4,11-12H2,1H3,(H,19,20). The number of carbonyl (C=O) groups excluding carboxylic acids is 1. The molecule has 1 aliphatic carbocycles. The highest BCUT2D eigenvalue weighted by molar-refractivity contribution is 7.10. The molecule has 1 amide bonds. The van der Waals surface area contributed by atoms with Crippen molar-refractivity contribution in [2.75, 3.05) is 5.32 Å². The second-order valence-electron chi connectivity index (χ2n) is 5.77. The van der Waals surface area contributed by atoms with Crippen molar-refractivity contribution in [3.05, 3.63) is 52.2 Å². The Kier molecular flexibility index (Phi) is 4.11. The Morgan fingerprint density at radius 2 is 1.90 bits per heavy atom. The summed E-state index contributed by atoms with van der Waals surface area (Å²) in [6.45, 7) is 2.14. The summed E-state index contributed by atoms with van der Waals surface area (Å²) in [4.78, 5) is 14.1. The average molecular weight is 299 g/mol. The van der Waals surface area contributed by atoms with Gasteiger partial charge in [-0.1, -0.05) is 38.0 Å². The molecule has 1 fully saturated rings. The number of hydrogen-bond acceptors (Lipinski definition) is 2. The molecule has 0 saturated heterocycles. The van der Waals surface area contributed by atoms with Crippen molar-refractivity contribution in [3.63, 3.8) is 0 Å². The van der Waals surface area contributed by atoms with E-state index in [1.165, 1.54) is 10.4 Å². The first-order valence-corrected chi connectivity index (χ1v) is 8.57. The third kappa shape index (κ3) is 2.75. The Labute approximate surface area is 130 Å². The first-order valence-electron chi connectivity index (χ1n) is 7.69. The van der Waals surface area contributed by atoms with E-state index in [1.54, 1.807) is 11.3 Å². The average Bonchev–Trinajstić information content (AvgIpc) is 3.19. The number of rotatable bonds is 4. The van der Waals surface area contributed by atoms with Crippen molar-refractivity contribution in [2.45, 2.75) is 44.4 Å². The van der Waals surface area contributed by atoms with Crippen molar-refractivity contribution in [3.8, 4) is 0 Å². The maximum atomic E-state index is 12.9. The summed E-state index contributed by atoms with van der Waals surface area (Å²) < 4.78 is 0. The lowest BCUT2D eigenvalue weighted by Gasteiger charge is -2.26. The second kappa shape index (κ2) is 6.02. The van der Waals surface area contributed by atoms with E-state index < -0.39 is 0 Å². The van der Waals surface area contributed by atoms with Gasteiger partial charge in [0.15, 0.2) is 0 Å². The summed E-state index contributed by atoms with van der Waals surface area (Å²) >= 11 is 1.70. The molecule has 0 bridgehead atoms. The van der Waals surface area contributed by atoms with Crippen LogP contribution in [0.25, 0.3) is 0 Å². The molecule has 2 aromatic rings. The number of amides is 1. The summed E-state index contributed by atoms with van der Waals surface area (Å²) in [5.41, 5.74) is 1.89. The van der Waals surface area contributed by atoms with Crippen LogP contribution in [-0.2, 0) is 16.6 Å². The van der Waals surface area contributed by atoms with Crippen LogP contribution in [0.2, 0.25) is 0 Å². The quantitative estimate of drug-likeness (QED) is 0.866. The fourth-order valence-corrected chi connectivity index (χ4v) is 4.17. The molecule has 0 radical (unpaired) electrons. The van der Waals surface area contributed by atoms with Crippen molar-refractivity contribution in [2.24, 2.45) is 0 Å². The predicted octanol–water partition coefficient (Wildman–Crippen LogP) is 4.76. The zero-order valence-electron chi connectivity index (χ0n) is 12.4. The van der Waals surface area contributed by atoms with Gasteiger partial charge < -0.3 is 5.32 Å².